The van der Waals surface area contributed by atoms with Crippen molar-refractivity contribution < 1.29 is 14.3 Å². The molecule has 4 rings (SSSR count). The Labute approximate surface area is 190 Å². The van der Waals surface area contributed by atoms with E-state index in [-0.39, 0.29) is 0 Å². The van der Waals surface area contributed by atoms with Crippen molar-refractivity contribution in [3.05, 3.63) is 86.7 Å². The first-order valence-corrected chi connectivity index (χ1v) is 10.9. The highest BCUT2D eigenvalue weighted by molar-refractivity contribution is 9.10. The van der Waals surface area contributed by atoms with Gasteiger partial charge in [0.1, 0.15) is 4.88 Å². The number of benzene rings is 3. The van der Waals surface area contributed by atoms with Gasteiger partial charge in [-0.1, -0.05) is 51.8 Å². The number of ether oxygens (including phenoxy) is 2. The average molecular weight is 501 g/mol. The van der Waals surface area contributed by atoms with Crippen molar-refractivity contribution >= 4 is 66.8 Å². The number of fused-ring (bicyclic) bond motifs is 1. The zero-order chi connectivity index (χ0) is 21.1. The Morgan fingerprint density at radius 3 is 2.67 bits per heavy atom. The van der Waals surface area contributed by atoms with Crippen LogP contribution in [-0.2, 0) is 0 Å². The highest BCUT2D eigenvalue weighted by Crippen LogP contribution is 2.37. The second kappa shape index (κ2) is 9.00. The molecule has 0 aliphatic heterocycles. The number of halogens is 2. The van der Waals surface area contributed by atoms with Crippen molar-refractivity contribution in [1.82, 2.24) is 0 Å². The maximum absolute atomic E-state index is 12.7. The Kier molecular flexibility index (Phi) is 6.18. The van der Waals surface area contributed by atoms with E-state index < -0.39 is 5.97 Å². The predicted molar refractivity (Wildman–Crippen MR) is 126 cm³/mol. The highest BCUT2D eigenvalue weighted by atomic mass is 79.9. The Balaban J connectivity index is 1.57. The second-order valence-corrected chi connectivity index (χ2v) is 8.63. The molecule has 0 bridgehead atoms. The van der Waals surface area contributed by atoms with Crippen molar-refractivity contribution in [2.24, 2.45) is 4.99 Å². The van der Waals surface area contributed by atoms with Gasteiger partial charge in [-0.2, -0.15) is 0 Å². The van der Waals surface area contributed by atoms with Crippen LogP contribution < -0.4 is 9.47 Å². The molecule has 0 saturated heterocycles. The number of aliphatic imine (C=N–C) groups is 1. The quantitative estimate of drug-likeness (QED) is 0.164. The van der Waals surface area contributed by atoms with E-state index in [9.17, 15) is 4.79 Å². The molecule has 0 aliphatic rings. The van der Waals surface area contributed by atoms with Crippen molar-refractivity contribution in [2.75, 3.05) is 7.11 Å². The third-order valence-corrected chi connectivity index (χ3v) is 6.43. The standard InChI is InChI=1S/C23H15BrClNO3S/c1-28-19-11-14(13-26-16-6-4-5-15(24)12-16)9-10-18(19)29-23(27)22-21(25)17-7-2-3-8-20(17)30-22/h2-13H,1H3. The van der Waals surface area contributed by atoms with E-state index in [0.29, 0.717) is 21.4 Å². The molecule has 0 atom stereocenters. The third-order valence-electron chi connectivity index (χ3n) is 4.28. The molecule has 0 spiro atoms. The van der Waals surface area contributed by atoms with Crippen LogP contribution in [0.4, 0.5) is 5.69 Å². The Hall–Kier alpha value is -2.67. The lowest BCUT2D eigenvalue weighted by molar-refractivity contribution is 0.0735. The summed E-state index contributed by atoms with van der Waals surface area (Å²) in [5.41, 5.74) is 1.63. The Morgan fingerprint density at radius 2 is 1.90 bits per heavy atom. The third kappa shape index (κ3) is 4.41. The zero-order valence-corrected chi connectivity index (χ0v) is 18.9. The van der Waals surface area contributed by atoms with Crippen LogP contribution in [0.5, 0.6) is 11.5 Å². The molecule has 3 aromatic carbocycles. The van der Waals surface area contributed by atoms with Crippen molar-refractivity contribution in [1.29, 1.82) is 0 Å². The number of hydrogen-bond donors (Lipinski definition) is 0. The Morgan fingerprint density at radius 1 is 1.07 bits per heavy atom. The number of nitrogens with zero attached hydrogens (tertiary/aromatic N) is 1. The molecular weight excluding hydrogens is 486 g/mol. The van der Waals surface area contributed by atoms with E-state index in [0.717, 1.165) is 25.8 Å². The van der Waals surface area contributed by atoms with Gasteiger partial charge in [0.05, 0.1) is 17.8 Å². The fourth-order valence-electron chi connectivity index (χ4n) is 2.85. The lowest BCUT2D eigenvalue weighted by atomic mass is 10.2. The van der Waals surface area contributed by atoms with E-state index >= 15 is 0 Å². The number of thiophene rings is 1. The number of hydrogen-bond acceptors (Lipinski definition) is 5. The first-order chi connectivity index (χ1) is 14.5. The first-order valence-electron chi connectivity index (χ1n) is 8.92. The van der Waals surface area contributed by atoms with Crippen molar-refractivity contribution in [3.8, 4) is 11.5 Å². The first kappa shape index (κ1) is 20.6. The molecular formula is C23H15BrClNO3S. The molecule has 0 amide bonds. The zero-order valence-electron chi connectivity index (χ0n) is 15.8. The van der Waals surface area contributed by atoms with Gasteiger partial charge < -0.3 is 9.47 Å². The van der Waals surface area contributed by atoms with Gasteiger partial charge >= 0.3 is 5.97 Å². The smallest absolute Gasteiger partial charge is 0.355 e. The monoisotopic (exact) mass is 499 g/mol. The summed E-state index contributed by atoms with van der Waals surface area (Å²) in [6.45, 7) is 0. The van der Waals surface area contributed by atoms with Crippen LogP contribution in [-0.4, -0.2) is 19.3 Å². The van der Waals surface area contributed by atoms with Gasteiger partial charge in [-0.25, -0.2) is 4.79 Å². The summed E-state index contributed by atoms with van der Waals surface area (Å²) in [5, 5.41) is 1.24. The van der Waals surface area contributed by atoms with E-state index in [1.807, 2.05) is 48.5 Å². The molecule has 0 N–H and O–H groups in total. The average Bonchev–Trinajstić information content (AvgIpc) is 3.10. The molecule has 1 heterocycles. The number of carbonyl (C=O) groups excluding carboxylic acids is 1. The molecule has 0 radical (unpaired) electrons. The van der Waals surface area contributed by atoms with E-state index in [2.05, 4.69) is 20.9 Å². The normalized spacial score (nSPS) is 11.2. The fraction of sp³-hybridized carbons (Fsp3) is 0.0435. The summed E-state index contributed by atoms with van der Waals surface area (Å²) in [6, 6.07) is 20.5. The molecule has 0 unspecified atom stereocenters. The molecule has 0 fully saturated rings. The van der Waals surface area contributed by atoms with Crippen molar-refractivity contribution in [3.63, 3.8) is 0 Å². The number of carbonyl (C=O) groups is 1. The van der Waals surface area contributed by atoms with Crippen LogP contribution in [0.25, 0.3) is 10.1 Å². The van der Waals surface area contributed by atoms with E-state index in [4.69, 9.17) is 21.1 Å². The van der Waals surface area contributed by atoms with Gasteiger partial charge in [0.2, 0.25) is 0 Å². The number of rotatable bonds is 5. The molecule has 1 aromatic heterocycles. The molecule has 7 heteroatoms. The maximum Gasteiger partial charge on any atom is 0.355 e. The molecule has 4 nitrogen and oxygen atoms in total. The minimum atomic E-state index is -0.518. The number of esters is 1. The van der Waals surface area contributed by atoms with Gasteiger partial charge in [0, 0.05) is 20.8 Å². The van der Waals surface area contributed by atoms with E-state index in [1.165, 1.54) is 18.4 Å². The summed E-state index contributed by atoms with van der Waals surface area (Å²) in [7, 11) is 1.52. The van der Waals surface area contributed by atoms with Gasteiger partial charge in [-0.15, -0.1) is 11.3 Å². The number of methoxy groups -OCH3 is 1. The van der Waals surface area contributed by atoms with Crippen LogP contribution in [0.2, 0.25) is 5.02 Å². The minimum absolute atomic E-state index is 0.315. The predicted octanol–water partition coefficient (Wildman–Crippen LogP) is 7.30. The van der Waals surface area contributed by atoms with Crippen LogP contribution in [0.15, 0.2) is 76.2 Å². The minimum Gasteiger partial charge on any atom is -0.493 e. The highest BCUT2D eigenvalue weighted by Gasteiger charge is 2.20. The summed E-state index contributed by atoms with van der Waals surface area (Å²) < 4.78 is 12.9. The van der Waals surface area contributed by atoms with Gasteiger partial charge in [0.25, 0.3) is 0 Å². The van der Waals surface area contributed by atoms with Gasteiger partial charge in [-0.05, 0) is 48.0 Å². The second-order valence-electron chi connectivity index (χ2n) is 6.28. The molecule has 150 valence electrons. The maximum atomic E-state index is 12.7. The van der Waals surface area contributed by atoms with E-state index in [1.54, 1.807) is 24.4 Å². The van der Waals surface area contributed by atoms with Gasteiger partial charge in [-0.3, -0.25) is 4.99 Å². The van der Waals surface area contributed by atoms with Crippen LogP contribution in [0.1, 0.15) is 15.2 Å². The Bertz CT molecular complexity index is 1270. The molecule has 0 saturated carbocycles. The van der Waals surface area contributed by atoms with Crippen LogP contribution in [0.3, 0.4) is 0 Å². The molecule has 4 aromatic rings. The lowest BCUT2D eigenvalue weighted by Gasteiger charge is -2.09. The summed E-state index contributed by atoms with van der Waals surface area (Å²) >= 11 is 11.1. The lowest BCUT2D eigenvalue weighted by Crippen LogP contribution is -2.08. The SMILES string of the molecule is COc1cc(C=Nc2cccc(Br)c2)ccc1OC(=O)c1sc2ccccc2c1Cl. The summed E-state index contributed by atoms with van der Waals surface area (Å²) in [6.07, 6.45) is 1.72. The summed E-state index contributed by atoms with van der Waals surface area (Å²) in [4.78, 5) is 17.5. The van der Waals surface area contributed by atoms with Crippen LogP contribution >= 0.6 is 38.9 Å². The van der Waals surface area contributed by atoms with Crippen LogP contribution in [0, 0.1) is 0 Å². The topological polar surface area (TPSA) is 47.9 Å². The largest absolute Gasteiger partial charge is 0.493 e. The van der Waals surface area contributed by atoms with Gasteiger partial charge in [0.15, 0.2) is 11.5 Å². The summed E-state index contributed by atoms with van der Waals surface area (Å²) in [5.74, 6) is 0.226. The van der Waals surface area contributed by atoms with Crippen molar-refractivity contribution in [2.45, 2.75) is 0 Å². The molecule has 30 heavy (non-hydrogen) atoms. The fourth-order valence-corrected chi connectivity index (χ4v) is 4.62. The molecule has 0 aliphatic carbocycles.